The second-order valence-electron chi connectivity index (χ2n) is 8.76. The molecule has 5 heteroatoms. The monoisotopic (exact) mass is 428 g/mol. The van der Waals surface area contributed by atoms with Crippen LogP contribution in [0.4, 0.5) is 0 Å². The van der Waals surface area contributed by atoms with Crippen LogP contribution in [0.1, 0.15) is 55.7 Å². The average molecular weight is 429 g/mol. The minimum absolute atomic E-state index is 0.177. The topological polar surface area (TPSA) is 44.7 Å². The van der Waals surface area contributed by atoms with Crippen LogP contribution in [-0.4, -0.2) is 41.8 Å². The van der Waals surface area contributed by atoms with Crippen molar-refractivity contribution >= 4 is 11.6 Å². The lowest BCUT2D eigenvalue weighted by Gasteiger charge is -2.41. The Bertz CT molecular complexity index is 802. The summed E-state index contributed by atoms with van der Waals surface area (Å²) in [6.07, 6.45) is 6.06. The van der Waals surface area contributed by atoms with E-state index >= 15 is 0 Å². The van der Waals surface area contributed by atoms with E-state index in [0.29, 0.717) is 17.4 Å². The molecule has 0 radical (unpaired) electrons. The molecule has 2 N–H and O–H groups in total. The highest BCUT2D eigenvalue weighted by Gasteiger charge is 2.35. The quantitative estimate of drug-likeness (QED) is 0.654. The van der Waals surface area contributed by atoms with E-state index in [4.69, 9.17) is 16.3 Å². The van der Waals surface area contributed by atoms with Gasteiger partial charge in [-0.3, -0.25) is 4.90 Å². The first-order valence-electron chi connectivity index (χ1n) is 11.3. The van der Waals surface area contributed by atoms with Crippen LogP contribution >= 0.6 is 11.6 Å². The van der Waals surface area contributed by atoms with Crippen LogP contribution in [0, 0.1) is 0 Å². The van der Waals surface area contributed by atoms with Crippen LogP contribution in [0.3, 0.4) is 0 Å². The van der Waals surface area contributed by atoms with Crippen LogP contribution in [0.15, 0.2) is 48.5 Å². The number of ether oxygens (including phenoxy) is 1. The third-order valence-corrected chi connectivity index (χ3v) is 6.82. The molecular weight excluding hydrogens is 396 g/mol. The molecule has 0 amide bonds. The fraction of sp³-hybridized carbons (Fsp3) is 0.520. The van der Waals surface area contributed by atoms with Gasteiger partial charge in [-0.05, 0) is 42.5 Å². The van der Waals surface area contributed by atoms with Gasteiger partial charge in [0.2, 0.25) is 0 Å². The van der Waals surface area contributed by atoms with Gasteiger partial charge in [0.25, 0.3) is 0 Å². The Labute approximate surface area is 185 Å². The Morgan fingerprint density at radius 3 is 2.47 bits per heavy atom. The van der Waals surface area contributed by atoms with E-state index in [1.54, 1.807) is 0 Å². The molecule has 2 fully saturated rings. The van der Waals surface area contributed by atoms with Gasteiger partial charge in [-0.2, -0.15) is 0 Å². The van der Waals surface area contributed by atoms with Gasteiger partial charge in [-0.15, -0.1) is 0 Å². The summed E-state index contributed by atoms with van der Waals surface area (Å²) in [5.74, 6) is 0.708. The average Bonchev–Trinajstić information content (AvgIpc) is 2.78. The predicted molar refractivity (Wildman–Crippen MR) is 122 cm³/mol. The highest BCUT2D eigenvalue weighted by atomic mass is 35.5. The minimum atomic E-state index is -0.567. The SMILES string of the molecule is OC1(CC(c2ccc(OCc3ccccc3)c(Cl)c2)N2CCNCC2)CCCCC1. The summed E-state index contributed by atoms with van der Waals surface area (Å²) in [6.45, 7) is 4.46. The predicted octanol–water partition coefficient (Wildman–Crippen LogP) is 4.95. The molecule has 1 saturated carbocycles. The lowest BCUT2D eigenvalue weighted by Crippen LogP contribution is -2.47. The van der Waals surface area contributed by atoms with Gasteiger partial charge in [0.1, 0.15) is 12.4 Å². The van der Waals surface area contributed by atoms with Crippen molar-refractivity contribution in [3.8, 4) is 5.75 Å². The number of benzene rings is 2. The van der Waals surface area contributed by atoms with Crippen molar-refractivity contribution in [1.82, 2.24) is 10.2 Å². The van der Waals surface area contributed by atoms with E-state index in [0.717, 1.165) is 63.8 Å². The molecule has 1 unspecified atom stereocenters. The fourth-order valence-electron chi connectivity index (χ4n) is 4.80. The van der Waals surface area contributed by atoms with Crippen LogP contribution < -0.4 is 10.1 Å². The Kier molecular flexibility index (Phi) is 7.32. The highest BCUT2D eigenvalue weighted by molar-refractivity contribution is 6.32. The first-order valence-corrected chi connectivity index (χ1v) is 11.6. The minimum Gasteiger partial charge on any atom is -0.487 e. The second kappa shape index (κ2) is 10.1. The third kappa shape index (κ3) is 5.55. The third-order valence-electron chi connectivity index (χ3n) is 6.53. The van der Waals surface area contributed by atoms with Crippen molar-refractivity contribution in [2.45, 2.75) is 56.8 Å². The Morgan fingerprint density at radius 1 is 1.03 bits per heavy atom. The van der Waals surface area contributed by atoms with Crippen molar-refractivity contribution in [2.24, 2.45) is 0 Å². The summed E-state index contributed by atoms with van der Waals surface area (Å²) in [4.78, 5) is 2.50. The number of piperazine rings is 1. The van der Waals surface area contributed by atoms with E-state index in [1.807, 2.05) is 42.5 Å². The molecule has 4 nitrogen and oxygen atoms in total. The zero-order valence-electron chi connectivity index (χ0n) is 17.7. The molecule has 30 heavy (non-hydrogen) atoms. The largest absolute Gasteiger partial charge is 0.487 e. The number of rotatable bonds is 7. The Morgan fingerprint density at radius 2 is 1.77 bits per heavy atom. The smallest absolute Gasteiger partial charge is 0.138 e. The van der Waals surface area contributed by atoms with Gasteiger partial charge in [0.15, 0.2) is 0 Å². The Balaban J connectivity index is 1.51. The summed E-state index contributed by atoms with van der Waals surface area (Å²) < 4.78 is 5.97. The normalized spacial score (nSPS) is 20.6. The van der Waals surface area contributed by atoms with Crippen LogP contribution in [0.25, 0.3) is 0 Å². The van der Waals surface area contributed by atoms with E-state index < -0.39 is 5.60 Å². The highest BCUT2D eigenvalue weighted by Crippen LogP contribution is 2.40. The number of hydrogen-bond acceptors (Lipinski definition) is 4. The number of aliphatic hydroxyl groups is 1. The number of halogens is 1. The first-order chi connectivity index (χ1) is 14.6. The maximum atomic E-state index is 11.3. The fourth-order valence-corrected chi connectivity index (χ4v) is 5.05. The molecule has 1 aliphatic carbocycles. The Hall–Kier alpha value is -1.59. The molecular formula is C25H33ClN2O2. The van der Waals surface area contributed by atoms with Gasteiger partial charge in [-0.1, -0.05) is 67.3 Å². The van der Waals surface area contributed by atoms with Gasteiger partial charge in [-0.25, -0.2) is 0 Å². The molecule has 0 spiro atoms. The van der Waals surface area contributed by atoms with Crippen LogP contribution in [0.5, 0.6) is 5.75 Å². The van der Waals surface area contributed by atoms with E-state index in [2.05, 4.69) is 16.3 Å². The molecule has 0 aromatic heterocycles. The summed E-state index contributed by atoms with van der Waals surface area (Å²) >= 11 is 6.64. The lowest BCUT2D eigenvalue weighted by atomic mass is 9.79. The maximum Gasteiger partial charge on any atom is 0.138 e. The van der Waals surface area contributed by atoms with Gasteiger partial charge in [0, 0.05) is 32.2 Å². The molecule has 2 aromatic rings. The van der Waals surface area contributed by atoms with Gasteiger partial charge in [0.05, 0.1) is 10.6 Å². The molecule has 2 aromatic carbocycles. The van der Waals surface area contributed by atoms with Gasteiger partial charge >= 0.3 is 0 Å². The maximum absolute atomic E-state index is 11.3. The molecule has 1 aliphatic heterocycles. The molecule has 1 atom stereocenters. The van der Waals surface area contributed by atoms with Crippen molar-refractivity contribution in [2.75, 3.05) is 26.2 Å². The van der Waals surface area contributed by atoms with Crippen molar-refractivity contribution in [1.29, 1.82) is 0 Å². The lowest BCUT2D eigenvalue weighted by molar-refractivity contribution is -0.0296. The molecule has 162 valence electrons. The molecule has 4 rings (SSSR count). The molecule has 1 saturated heterocycles. The summed E-state index contributed by atoms with van der Waals surface area (Å²) in [5, 5.41) is 15.3. The zero-order chi connectivity index (χ0) is 20.8. The summed E-state index contributed by atoms with van der Waals surface area (Å²) in [6, 6.07) is 16.5. The van der Waals surface area contributed by atoms with Crippen molar-refractivity contribution in [3.05, 3.63) is 64.7 Å². The number of hydrogen-bond donors (Lipinski definition) is 2. The summed E-state index contributed by atoms with van der Waals surface area (Å²) in [7, 11) is 0. The van der Waals surface area contributed by atoms with Crippen LogP contribution in [0.2, 0.25) is 5.02 Å². The first kappa shape index (κ1) is 21.6. The summed E-state index contributed by atoms with van der Waals surface area (Å²) in [5.41, 5.74) is 1.73. The standard InChI is InChI=1S/C25H33ClN2O2/c26-22-17-21(9-10-24(22)30-19-20-7-3-1-4-8-20)23(28-15-13-27-14-16-28)18-25(29)11-5-2-6-12-25/h1,3-4,7-10,17,23,27,29H,2,5-6,11-16,18-19H2. The number of nitrogens with one attached hydrogen (secondary N) is 1. The van der Waals surface area contributed by atoms with Gasteiger partial charge < -0.3 is 15.2 Å². The van der Waals surface area contributed by atoms with E-state index in [1.165, 1.54) is 12.0 Å². The number of nitrogens with zero attached hydrogens (tertiary/aromatic N) is 1. The van der Waals surface area contributed by atoms with E-state index in [-0.39, 0.29) is 6.04 Å². The van der Waals surface area contributed by atoms with E-state index in [9.17, 15) is 5.11 Å². The van der Waals surface area contributed by atoms with Crippen LogP contribution in [-0.2, 0) is 6.61 Å². The molecule has 0 bridgehead atoms. The molecule has 2 aliphatic rings. The second-order valence-corrected chi connectivity index (χ2v) is 9.16. The van der Waals surface area contributed by atoms with Crippen molar-refractivity contribution in [3.63, 3.8) is 0 Å². The zero-order valence-corrected chi connectivity index (χ0v) is 18.4. The molecule has 1 heterocycles. The van der Waals surface area contributed by atoms with Crippen molar-refractivity contribution < 1.29 is 9.84 Å².